The minimum Gasteiger partial charge on any atom is -0.320 e. The van der Waals surface area contributed by atoms with E-state index in [2.05, 4.69) is 10.2 Å². The molecule has 7 heteroatoms. The molecule has 3 rings (SSSR count). The lowest BCUT2D eigenvalue weighted by Crippen LogP contribution is -2.29. The Morgan fingerprint density at radius 1 is 1.12 bits per heavy atom. The Labute approximate surface area is 156 Å². The summed E-state index contributed by atoms with van der Waals surface area (Å²) in [6.07, 6.45) is 3.78. The molecule has 0 unspecified atom stereocenters. The van der Waals surface area contributed by atoms with E-state index < -0.39 is 4.92 Å². The van der Waals surface area contributed by atoms with Gasteiger partial charge >= 0.3 is 0 Å². The van der Waals surface area contributed by atoms with Crippen molar-refractivity contribution in [1.82, 2.24) is 4.90 Å². The summed E-state index contributed by atoms with van der Waals surface area (Å²) in [6.45, 7) is 3.12. The quantitative estimate of drug-likeness (QED) is 0.619. The molecule has 1 saturated heterocycles. The molecule has 0 aliphatic carbocycles. The zero-order valence-corrected chi connectivity index (χ0v) is 15.0. The van der Waals surface area contributed by atoms with Gasteiger partial charge in [-0.05, 0) is 49.7 Å². The van der Waals surface area contributed by atoms with Crippen molar-refractivity contribution >= 4 is 28.9 Å². The highest BCUT2D eigenvalue weighted by Crippen LogP contribution is 2.27. The summed E-state index contributed by atoms with van der Waals surface area (Å²) in [5, 5.41) is 13.8. The number of anilines is 1. The molecule has 6 nitrogen and oxygen atoms in total. The fourth-order valence-electron chi connectivity index (χ4n) is 3.05. The molecule has 136 valence electrons. The molecular weight excluding hydrogens is 354 g/mol. The standard InChI is InChI=1S/C19H20ClN3O3/c20-17-9-8-16(23(25)26)12-18(17)21-19(24)15-6-4-14(5-7-15)13-22-10-2-1-3-11-22/h4-9,12H,1-3,10-11,13H2,(H,21,24). The average molecular weight is 374 g/mol. The van der Waals surface area contributed by atoms with Crippen molar-refractivity contribution in [3.8, 4) is 0 Å². The number of piperidine rings is 1. The maximum absolute atomic E-state index is 12.4. The van der Waals surface area contributed by atoms with E-state index >= 15 is 0 Å². The maximum Gasteiger partial charge on any atom is 0.271 e. The minimum absolute atomic E-state index is 0.124. The summed E-state index contributed by atoms with van der Waals surface area (Å²) in [6, 6.07) is 11.4. The van der Waals surface area contributed by atoms with Gasteiger partial charge in [-0.15, -0.1) is 0 Å². The third-order valence-electron chi connectivity index (χ3n) is 4.48. The Balaban J connectivity index is 1.66. The Hall–Kier alpha value is -2.44. The fraction of sp³-hybridized carbons (Fsp3) is 0.316. The molecule has 0 atom stereocenters. The van der Waals surface area contributed by atoms with Gasteiger partial charge in [0.15, 0.2) is 0 Å². The number of amides is 1. The van der Waals surface area contributed by atoms with Crippen LogP contribution < -0.4 is 5.32 Å². The number of nitrogens with zero attached hydrogens (tertiary/aromatic N) is 2. The molecule has 0 aromatic heterocycles. The van der Waals surface area contributed by atoms with Crippen molar-refractivity contribution in [2.45, 2.75) is 25.8 Å². The molecule has 1 fully saturated rings. The van der Waals surface area contributed by atoms with Crippen molar-refractivity contribution in [2.24, 2.45) is 0 Å². The predicted octanol–water partition coefficient (Wildman–Crippen LogP) is 4.49. The molecule has 2 aromatic rings. The first-order valence-corrected chi connectivity index (χ1v) is 8.97. The van der Waals surface area contributed by atoms with Crippen molar-refractivity contribution in [2.75, 3.05) is 18.4 Å². The van der Waals surface area contributed by atoms with Gasteiger partial charge in [-0.25, -0.2) is 0 Å². The van der Waals surface area contributed by atoms with Gasteiger partial charge in [0.2, 0.25) is 0 Å². The normalized spacial score (nSPS) is 14.8. The summed E-state index contributed by atoms with van der Waals surface area (Å²) >= 11 is 6.02. The summed E-state index contributed by atoms with van der Waals surface area (Å²) in [5.74, 6) is -0.350. The second-order valence-corrected chi connectivity index (χ2v) is 6.82. The van der Waals surface area contributed by atoms with Crippen LogP contribution in [0.5, 0.6) is 0 Å². The van der Waals surface area contributed by atoms with Crippen LogP contribution in [0.15, 0.2) is 42.5 Å². The molecule has 0 spiro atoms. The second kappa shape index (κ2) is 8.29. The molecule has 1 heterocycles. The van der Waals surface area contributed by atoms with Crippen LogP contribution in [-0.2, 0) is 6.54 Å². The van der Waals surface area contributed by atoms with E-state index in [4.69, 9.17) is 11.6 Å². The first kappa shape index (κ1) is 18.4. The molecule has 0 bridgehead atoms. The minimum atomic E-state index is -0.526. The highest BCUT2D eigenvalue weighted by molar-refractivity contribution is 6.34. The van der Waals surface area contributed by atoms with Crippen LogP contribution in [-0.4, -0.2) is 28.8 Å². The topological polar surface area (TPSA) is 75.5 Å². The van der Waals surface area contributed by atoms with Crippen LogP contribution >= 0.6 is 11.6 Å². The Morgan fingerprint density at radius 3 is 2.46 bits per heavy atom. The van der Waals surface area contributed by atoms with Gasteiger partial charge < -0.3 is 5.32 Å². The lowest BCUT2D eigenvalue weighted by atomic mass is 10.1. The Morgan fingerprint density at radius 2 is 1.81 bits per heavy atom. The van der Waals surface area contributed by atoms with Gasteiger partial charge in [-0.2, -0.15) is 0 Å². The molecule has 2 aromatic carbocycles. The number of hydrogen-bond donors (Lipinski definition) is 1. The van der Waals surface area contributed by atoms with Gasteiger partial charge in [0, 0.05) is 24.2 Å². The number of rotatable bonds is 5. The summed E-state index contributed by atoms with van der Waals surface area (Å²) in [4.78, 5) is 25.2. The van der Waals surface area contributed by atoms with E-state index in [-0.39, 0.29) is 22.3 Å². The molecule has 0 radical (unpaired) electrons. The van der Waals surface area contributed by atoms with Gasteiger partial charge in [-0.1, -0.05) is 30.2 Å². The predicted molar refractivity (Wildman–Crippen MR) is 102 cm³/mol. The van der Waals surface area contributed by atoms with E-state index in [1.807, 2.05) is 12.1 Å². The largest absolute Gasteiger partial charge is 0.320 e. The van der Waals surface area contributed by atoms with Gasteiger partial charge in [0.25, 0.3) is 11.6 Å². The smallest absolute Gasteiger partial charge is 0.271 e. The third-order valence-corrected chi connectivity index (χ3v) is 4.81. The monoisotopic (exact) mass is 373 g/mol. The number of carbonyl (C=O) groups excluding carboxylic acids is 1. The van der Waals surface area contributed by atoms with Crippen molar-refractivity contribution in [3.63, 3.8) is 0 Å². The van der Waals surface area contributed by atoms with Crippen molar-refractivity contribution in [1.29, 1.82) is 0 Å². The summed E-state index contributed by atoms with van der Waals surface area (Å²) in [5.41, 5.74) is 1.75. The number of non-ortho nitro benzene ring substituents is 1. The summed E-state index contributed by atoms with van der Waals surface area (Å²) in [7, 11) is 0. The van der Waals surface area contributed by atoms with Gasteiger partial charge in [0.05, 0.1) is 15.6 Å². The molecule has 1 aliphatic rings. The fourth-order valence-corrected chi connectivity index (χ4v) is 3.22. The molecule has 1 N–H and O–H groups in total. The van der Waals surface area contributed by atoms with Crippen LogP contribution in [0.2, 0.25) is 5.02 Å². The zero-order chi connectivity index (χ0) is 18.5. The number of benzene rings is 2. The molecule has 1 aliphatic heterocycles. The van der Waals surface area contributed by atoms with E-state index in [1.54, 1.807) is 12.1 Å². The van der Waals surface area contributed by atoms with E-state index in [0.717, 1.165) is 25.2 Å². The number of nitro benzene ring substituents is 1. The first-order chi connectivity index (χ1) is 12.5. The third kappa shape index (κ3) is 4.59. The van der Waals surface area contributed by atoms with E-state index in [0.29, 0.717) is 5.56 Å². The number of likely N-dealkylation sites (tertiary alicyclic amines) is 1. The number of nitro groups is 1. The van der Waals surface area contributed by atoms with Crippen LogP contribution in [0.3, 0.4) is 0 Å². The highest BCUT2D eigenvalue weighted by Gasteiger charge is 2.14. The van der Waals surface area contributed by atoms with Gasteiger partial charge in [-0.3, -0.25) is 19.8 Å². The Bertz CT molecular complexity index is 802. The van der Waals surface area contributed by atoms with E-state index in [1.165, 1.54) is 37.5 Å². The van der Waals surface area contributed by atoms with Crippen LogP contribution in [0, 0.1) is 10.1 Å². The Kier molecular flexibility index (Phi) is 5.85. The zero-order valence-electron chi connectivity index (χ0n) is 14.3. The number of hydrogen-bond acceptors (Lipinski definition) is 4. The average Bonchev–Trinajstić information content (AvgIpc) is 2.64. The molecule has 26 heavy (non-hydrogen) atoms. The highest BCUT2D eigenvalue weighted by atomic mass is 35.5. The molecule has 1 amide bonds. The number of carbonyl (C=O) groups is 1. The first-order valence-electron chi connectivity index (χ1n) is 8.59. The van der Waals surface area contributed by atoms with Gasteiger partial charge in [0.1, 0.15) is 0 Å². The second-order valence-electron chi connectivity index (χ2n) is 6.41. The van der Waals surface area contributed by atoms with Crippen LogP contribution in [0.1, 0.15) is 35.2 Å². The molecular formula is C19H20ClN3O3. The summed E-state index contributed by atoms with van der Waals surface area (Å²) < 4.78 is 0. The maximum atomic E-state index is 12.4. The lowest BCUT2D eigenvalue weighted by Gasteiger charge is -2.26. The number of nitrogens with one attached hydrogen (secondary N) is 1. The van der Waals surface area contributed by atoms with Crippen molar-refractivity contribution < 1.29 is 9.72 Å². The SMILES string of the molecule is O=C(Nc1cc([N+](=O)[O-])ccc1Cl)c1ccc(CN2CCCCC2)cc1. The van der Waals surface area contributed by atoms with Crippen LogP contribution in [0.25, 0.3) is 0 Å². The molecule has 0 saturated carbocycles. The lowest BCUT2D eigenvalue weighted by molar-refractivity contribution is -0.384. The van der Waals surface area contributed by atoms with Crippen molar-refractivity contribution in [3.05, 3.63) is 68.7 Å². The van der Waals surface area contributed by atoms with E-state index in [9.17, 15) is 14.9 Å². The number of halogens is 1. The van der Waals surface area contributed by atoms with Crippen LogP contribution in [0.4, 0.5) is 11.4 Å².